The van der Waals surface area contributed by atoms with Gasteiger partial charge >= 0.3 is 0 Å². The molecule has 2 heterocycles. The van der Waals surface area contributed by atoms with E-state index in [4.69, 9.17) is 4.74 Å². The third kappa shape index (κ3) is 4.12. The van der Waals surface area contributed by atoms with Gasteiger partial charge in [0.15, 0.2) is 0 Å². The Morgan fingerprint density at radius 3 is 2.90 bits per heavy atom. The van der Waals surface area contributed by atoms with Crippen molar-refractivity contribution in [2.75, 3.05) is 39.3 Å². The molecule has 2 fully saturated rings. The lowest BCUT2D eigenvalue weighted by Crippen LogP contribution is -2.41. The first-order valence-electron chi connectivity index (χ1n) is 7.85. The van der Waals surface area contributed by atoms with Gasteiger partial charge in [-0.1, -0.05) is 12.1 Å². The molecule has 1 aromatic rings. The Kier molecular flexibility index (Phi) is 5.91. The van der Waals surface area contributed by atoms with Crippen molar-refractivity contribution in [1.29, 1.82) is 0 Å². The summed E-state index contributed by atoms with van der Waals surface area (Å²) >= 11 is 0. The van der Waals surface area contributed by atoms with E-state index in [1.54, 1.807) is 0 Å². The van der Waals surface area contributed by atoms with Crippen LogP contribution in [0.25, 0.3) is 0 Å². The number of piperidine rings is 1. The van der Waals surface area contributed by atoms with Crippen LogP contribution in [0.4, 0.5) is 0 Å². The van der Waals surface area contributed by atoms with Crippen LogP contribution in [-0.2, 0) is 0 Å². The Hall–Kier alpha value is -0.770. The van der Waals surface area contributed by atoms with E-state index in [-0.39, 0.29) is 12.4 Å². The van der Waals surface area contributed by atoms with E-state index in [1.165, 1.54) is 43.7 Å². The van der Waals surface area contributed by atoms with Gasteiger partial charge in [0.1, 0.15) is 12.4 Å². The van der Waals surface area contributed by atoms with Crippen molar-refractivity contribution in [3.8, 4) is 5.75 Å². The second-order valence-electron chi connectivity index (χ2n) is 6.39. The van der Waals surface area contributed by atoms with Crippen LogP contribution in [0.15, 0.2) is 18.2 Å². The van der Waals surface area contributed by atoms with Gasteiger partial charge in [0.05, 0.1) is 0 Å². The molecule has 0 bridgehead atoms. The third-order valence-corrected chi connectivity index (χ3v) is 4.80. The molecule has 0 radical (unpaired) electrons. The summed E-state index contributed by atoms with van der Waals surface area (Å²) < 4.78 is 5.97. The molecule has 1 N–H and O–H groups in total. The summed E-state index contributed by atoms with van der Waals surface area (Å²) in [5.41, 5.74) is 2.50. The van der Waals surface area contributed by atoms with Gasteiger partial charge in [0.25, 0.3) is 0 Å². The average Bonchev–Trinajstić information content (AvgIpc) is 2.90. The number of nitrogens with zero attached hydrogens (tertiary/aromatic N) is 1. The van der Waals surface area contributed by atoms with Crippen LogP contribution in [-0.4, -0.2) is 44.2 Å². The number of rotatable bonds is 4. The fourth-order valence-electron chi connectivity index (χ4n) is 3.46. The molecule has 0 aliphatic carbocycles. The molecule has 2 aliphatic heterocycles. The summed E-state index contributed by atoms with van der Waals surface area (Å²) in [5.74, 6) is 2.83. The van der Waals surface area contributed by atoms with Crippen LogP contribution in [0.5, 0.6) is 5.75 Å². The second kappa shape index (κ2) is 7.48. The van der Waals surface area contributed by atoms with Crippen LogP contribution in [0.3, 0.4) is 0 Å². The zero-order valence-electron chi connectivity index (χ0n) is 13.1. The van der Waals surface area contributed by atoms with Crippen LogP contribution in [0.1, 0.15) is 17.5 Å². The fraction of sp³-hybridized carbons (Fsp3) is 0.647. The first-order valence-corrected chi connectivity index (χ1v) is 7.85. The summed E-state index contributed by atoms with van der Waals surface area (Å²) in [6, 6.07) is 6.42. The Balaban J connectivity index is 0.00000161. The highest BCUT2D eigenvalue weighted by Gasteiger charge is 2.32. The van der Waals surface area contributed by atoms with Crippen molar-refractivity contribution in [2.24, 2.45) is 11.8 Å². The highest BCUT2D eigenvalue weighted by Crippen LogP contribution is 2.26. The van der Waals surface area contributed by atoms with Crippen molar-refractivity contribution in [1.82, 2.24) is 10.2 Å². The van der Waals surface area contributed by atoms with Gasteiger partial charge < -0.3 is 10.1 Å². The maximum Gasteiger partial charge on any atom is 0.122 e. The van der Waals surface area contributed by atoms with Crippen molar-refractivity contribution >= 4 is 12.4 Å². The first-order chi connectivity index (χ1) is 9.72. The minimum absolute atomic E-state index is 0. The minimum atomic E-state index is 0. The van der Waals surface area contributed by atoms with E-state index < -0.39 is 0 Å². The van der Waals surface area contributed by atoms with Crippen LogP contribution < -0.4 is 10.1 Å². The van der Waals surface area contributed by atoms with Gasteiger partial charge in [-0.15, -0.1) is 12.4 Å². The molecule has 0 spiro atoms. The maximum atomic E-state index is 5.97. The van der Waals surface area contributed by atoms with Gasteiger partial charge in [-0.05, 0) is 68.9 Å². The summed E-state index contributed by atoms with van der Waals surface area (Å²) in [6.07, 6.45) is 1.35. The summed E-state index contributed by atoms with van der Waals surface area (Å²) in [4.78, 5) is 2.57. The van der Waals surface area contributed by atoms with Crippen LogP contribution >= 0.6 is 12.4 Å². The molecule has 0 amide bonds. The smallest absolute Gasteiger partial charge is 0.122 e. The number of benzene rings is 1. The molecule has 0 saturated carbocycles. The molecule has 2 aliphatic rings. The van der Waals surface area contributed by atoms with Gasteiger partial charge in [0, 0.05) is 13.1 Å². The molecule has 21 heavy (non-hydrogen) atoms. The Labute approximate surface area is 134 Å². The Morgan fingerprint density at radius 1 is 1.24 bits per heavy atom. The quantitative estimate of drug-likeness (QED) is 0.925. The topological polar surface area (TPSA) is 24.5 Å². The molecule has 4 heteroatoms. The van der Waals surface area contributed by atoms with Crippen molar-refractivity contribution in [3.05, 3.63) is 29.3 Å². The number of fused-ring (bicyclic) bond motifs is 1. The summed E-state index contributed by atoms with van der Waals surface area (Å²) in [6.45, 7) is 11.0. The Bertz CT molecular complexity index is 466. The largest absolute Gasteiger partial charge is 0.492 e. The van der Waals surface area contributed by atoms with E-state index in [2.05, 4.69) is 42.3 Å². The molecular formula is C17H27ClN2O. The zero-order valence-corrected chi connectivity index (χ0v) is 13.9. The van der Waals surface area contributed by atoms with Gasteiger partial charge in [-0.25, -0.2) is 0 Å². The number of nitrogens with one attached hydrogen (secondary N) is 1. The molecule has 3 nitrogen and oxygen atoms in total. The number of aryl methyl sites for hydroxylation is 2. The number of likely N-dealkylation sites (tertiary alicyclic amines) is 1. The molecule has 0 aromatic heterocycles. The summed E-state index contributed by atoms with van der Waals surface area (Å²) in [7, 11) is 0. The molecule has 2 unspecified atom stereocenters. The van der Waals surface area contributed by atoms with Crippen molar-refractivity contribution in [2.45, 2.75) is 20.3 Å². The predicted octanol–water partition coefficient (Wildman–Crippen LogP) is 2.65. The Morgan fingerprint density at radius 2 is 2.05 bits per heavy atom. The molecular weight excluding hydrogens is 284 g/mol. The normalized spacial score (nSPS) is 25.2. The minimum Gasteiger partial charge on any atom is -0.492 e. The van der Waals surface area contributed by atoms with E-state index in [0.29, 0.717) is 0 Å². The van der Waals surface area contributed by atoms with Gasteiger partial charge in [-0.3, -0.25) is 4.90 Å². The van der Waals surface area contributed by atoms with Crippen LogP contribution in [0.2, 0.25) is 0 Å². The lowest BCUT2D eigenvalue weighted by molar-refractivity contribution is 0.127. The highest BCUT2D eigenvalue weighted by molar-refractivity contribution is 5.85. The third-order valence-electron chi connectivity index (χ3n) is 4.80. The first kappa shape index (κ1) is 16.6. The average molecular weight is 311 g/mol. The second-order valence-corrected chi connectivity index (χ2v) is 6.39. The number of hydrogen-bond donors (Lipinski definition) is 1. The number of hydrogen-bond acceptors (Lipinski definition) is 3. The number of halogens is 1. The van der Waals surface area contributed by atoms with Gasteiger partial charge in [0.2, 0.25) is 0 Å². The van der Waals surface area contributed by atoms with Crippen molar-refractivity contribution in [3.63, 3.8) is 0 Å². The fourth-order valence-corrected chi connectivity index (χ4v) is 3.46. The lowest BCUT2D eigenvalue weighted by atomic mass is 9.89. The van der Waals surface area contributed by atoms with Gasteiger partial charge in [-0.2, -0.15) is 0 Å². The van der Waals surface area contributed by atoms with E-state index in [0.717, 1.165) is 30.7 Å². The molecule has 2 saturated heterocycles. The van der Waals surface area contributed by atoms with Crippen molar-refractivity contribution < 1.29 is 4.74 Å². The predicted molar refractivity (Wildman–Crippen MR) is 89.6 cm³/mol. The lowest BCUT2D eigenvalue weighted by Gasteiger charge is -2.34. The summed E-state index contributed by atoms with van der Waals surface area (Å²) in [5, 5.41) is 3.52. The molecule has 1 aromatic carbocycles. The molecule has 118 valence electrons. The zero-order chi connectivity index (χ0) is 13.9. The van der Waals surface area contributed by atoms with E-state index in [9.17, 15) is 0 Å². The highest BCUT2D eigenvalue weighted by atomic mass is 35.5. The van der Waals surface area contributed by atoms with Crippen LogP contribution in [0, 0.1) is 25.7 Å². The van der Waals surface area contributed by atoms with E-state index in [1.807, 2.05) is 0 Å². The van der Waals surface area contributed by atoms with E-state index >= 15 is 0 Å². The number of ether oxygens (including phenoxy) is 1. The molecule has 2 atom stereocenters. The monoisotopic (exact) mass is 310 g/mol. The standard InChI is InChI=1S/C17H26N2O.ClH/c1-13-3-4-14(2)17(9-13)20-8-7-19-6-5-15-10-18-11-16(15)12-19;/h3-4,9,15-16,18H,5-8,10-12H2,1-2H3;1H. The molecule has 3 rings (SSSR count). The maximum absolute atomic E-state index is 5.97. The SMILES string of the molecule is Cc1ccc(C)c(OCCN2CCC3CNCC3C2)c1.Cl.